The molecule has 0 aliphatic rings. The summed E-state index contributed by atoms with van der Waals surface area (Å²) >= 11 is 0. The Balaban J connectivity index is 2.00. The van der Waals surface area contributed by atoms with Crippen LogP contribution in [0.4, 0.5) is 0 Å². The van der Waals surface area contributed by atoms with Gasteiger partial charge in [0.25, 0.3) is 5.91 Å². The molecule has 1 aromatic carbocycles. The van der Waals surface area contributed by atoms with Crippen molar-refractivity contribution in [2.24, 2.45) is 5.73 Å². The second kappa shape index (κ2) is 6.99. The van der Waals surface area contributed by atoms with Crippen molar-refractivity contribution in [2.75, 3.05) is 0 Å². The maximum absolute atomic E-state index is 12.2. The summed E-state index contributed by atoms with van der Waals surface area (Å²) in [4.78, 5) is 16.3. The number of amides is 1. The monoisotopic (exact) mass is 283 g/mol. The number of nitrogens with two attached hydrogens (primary N) is 1. The van der Waals surface area contributed by atoms with E-state index < -0.39 is 0 Å². The van der Waals surface area contributed by atoms with Crippen molar-refractivity contribution in [1.29, 1.82) is 0 Å². The molecule has 0 saturated heterocycles. The van der Waals surface area contributed by atoms with Crippen LogP contribution >= 0.6 is 0 Å². The minimum absolute atomic E-state index is 0.0630. The highest BCUT2D eigenvalue weighted by atomic mass is 16.1. The maximum atomic E-state index is 12.2. The number of carbonyl (C=O) groups excluding carboxylic acids is 1. The molecule has 4 heteroatoms. The Labute approximate surface area is 125 Å². The normalized spacial score (nSPS) is 12.0. The lowest BCUT2D eigenvalue weighted by Crippen LogP contribution is -2.34. The summed E-state index contributed by atoms with van der Waals surface area (Å²) in [6, 6.07) is 11.7. The third-order valence-electron chi connectivity index (χ3n) is 3.45. The number of nitrogens with one attached hydrogen (secondary N) is 1. The molecule has 2 aromatic rings. The number of nitrogens with zero attached hydrogens (tertiary/aromatic N) is 1. The Morgan fingerprint density at radius 2 is 2.10 bits per heavy atom. The van der Waals surface area contributed by atoms with Gasteiger partial charge in [-0.1, -0.05) is 24.3 Å². The molecular formula is C17H21N3O. The fraction of sp³-hybridized carbons (Fsp3) is 0.294. The third kappa shape index (κ3) is 4.13. The van der Waals surface area contributed by atoms with Gasteiger partial charge in [0.2, 0.25) is 0 Å². The lowest BCUT2D eigenvalue weighted by molar-refractivity contribution is 0.0940. The Hall–Kier alpha value is -2.20. The van der Waals surface area contributed by atoms with Crippen LogP contribution in [0.25, 0.3) is 0 Å². The van der Waals surface area contributed by atoms with E-state index in [-0.39, 0.29) is 11.9 Å². The number of benzene rings is 1. The van der Waals surface area contributed by atoms with E-state index in [1.807, 2.05) is 19.1 Å². The van der Waals surface area contributed by atoms with Crippen molar-refractivity contribution in [2.45, 2.75) is 32.9 Å². The van der Waals surface area contributed by atoms with Gasteiger partial charge >= 0.3 is 0 Å². The Morgan fingerprint density at radius 3 is 2.81 bits per heavy atom. The largest absolute Gasteiger partial charge is 0.349 e. The second-order valence-corrected chi connectivity index (χ2v) is 5.25. The van der Waals surface area contributed by atoms with Gasteiger partial charge in [0.1, 0.15) is 0 Å². The van der Waals surface area contributed by atoms with Gasteiger partial charge in [-0.15, -0.1) is 0 Å². The molecule has 2 rings (SSSR count). The zero-order chi connectivity index (χ0) is 15.2. The Kier molecular flexibility index (Phi) is 5.06. The molecule has 1 atom stereocenters. The van der Waals surface area contributed by atoms with E-state index in [0.717, 1.165) is 6.42 Å². The van der Waals surface area contributed by atoms with E-state index in [2.05, 4.69) is 29.4 Å². The van der Waals surface area contributed by atoms with Gasteiger partial charge < -0.3 is 11.1 Å². The van der Waals surface area contributed by atoms with Gasteiger partial charge in [-0.25, -0.2) is 0 Å². The first-order valence-electron chi connectivity index (χ1n) is 7.10. The van der Waals surface area contributed by atoms with E-state index in [0.29, 0.717) is 17.8 Å². The van der Waals surface area contributed by atoms with Gasteiger partial charge in [0, 0.05) is 24.3 Å². The van der Waals surface area contributed by atoms with Gasteiger partial charge in [-0.2, -0.15) is 0 Å². The van der Waals surface area contributed by atoms with Crippen LogP contribution in [0.15, 0.2) is 42.6 Å². The molecule has 0 aliphatic heterocycles. The number of rotatable bonds is 5. The number of hydrogen-bond acceptors (Lipinski definition) is 3. The summed E-state index contributed by atoms with van der Waals surface area (Å²) < 4.78 is 0. The molecule has 1 amide bonds. The molecule has 0 bridgehead atoms. The lowest BCUT2D eigenvalue weighted by Gasteiger charge is -2.15. The zero-order valence-electron chi connectivity index (χ0n) is 12.5. The van der Waals surface area contributed by atoms with Crippen molar-refractivity contribution < 1.29 is 4.79 Å². The predicted molar refractivity (Wildman–Crippen MR) is 83.9 cm³/mol. The fourth-order valence-electron chi connectivity index (χ4n) is 2.26. The molecule has 110 valence electrons. The zero-order valence-corrected chi connectivity index (χ0v) is 12.5. The molecule has 0 fully saturated rings. The van der Waals surface area contributed by atoms with Gasteiger partial charge in [0.15, 0.2) is 0 Å². The summed E-state index contributed by atoms with van der Waals surface area (Å²) in [6.45, 7) is 4.43. The molecule has 0 saturated carbocycles. The fourth-order valence-corrected chi connectivity index (χ4v) is 2.26. The van der Waals surface area contributed by atoms with Crippen LogP contribution in [0.1, 0.15) is 34.1 Å². The first-order chi connectivity index (χ1) is 10.1. The molecule has 3 N–H and O–H groups in total. The second-order valence-electron chi connectivity index (χ2n) is 5.25. The van der Waals surface area contributed by atoms with E-state index >= 15 is 0 Å². The van der Waals surface area contributed by atoms with Crippen LogP contribution < -0.4 is 11.1 Å². The van der Waals surface area contributed by atoms with Crippen LogP contribution in [0.3, 0.4) is 0 Å². The molecule has 4 nitrogen and oxygen atoms in total. The summed E-state index contributed by atoms with van der Waals surface area (Å²) in [5, 5.41) is 3.02. The van der Waals surface area contributed by atoms with Crippen LogP contribution in [-0.2, 0) is 13.0 Å². The van der Waals surface area contributed by atoms with Crippen LogP contribution in [0.5, 0.6) is 0 Å². The summed E-state index contributed by atoms with van der Waals surface area (Å²) in [7, 11) is 0. The summed E-state index contributed by atoms with van der Waals surface area (Å²) in [5.41, 5.74) is 9.36. The highest BCUT2D eigenvalue weighted by molar-refractivity contribution is 5.94. The molecule has 0 radical (unpaired) electrons. The molecule has 0 aliphatic carbocycles. The molecule has 21 heavy (non-hydrogen) atoms. The highest BCUT2D eigenvalue weighted by Gasteiger charge is 2.11. The molecule has 1 heterocycles. The summed E-state index contributed by atoms with van der Waals surface area (Å²) in [5.74, 6) is -0.0896. The molecular weight excluding hydrogens is 262 g/mol. The number of carbonyl (C=O) groups is 1. The van der Waals surface area contributed by atoms with E-state index in [9.17, 15) is 4.79 Å². The first kappa shape index (κ1) is 15.2. The van der Waals surface area contributed by atoms with Crippen LogP contribution in [-0.4, -0.2) is 16.9 Å². The van der Waals surface area contributed by atoms with E-state index in [1.54, 1.807) is 18.3 Å². The predicted octanol–water partition coefficient (Wildman–Crippen LogP) is 2.21. The Morgan fingerprint density at radius 1 is 1.33 bits per heavy atom. The van der Waals surface area contributed by atoms with Crippen molar-refractivity contribution in [3.63, 3.8) is 0 Å². The third-order valence-corrected chi connectivity index (χ3v) is 3.45. The van der Waals surface area contributed by atoms with Gasteiger partial charge in [-0.05, 0) is 43.5 Å². The first-order valence-corrected chi connectivity index (χ1v) is 7.10. The number of pyridine rings is 1. The number of aromatic nitrogens is 1. The SMILES string of the molecule is Cc1ccccc1CC(C)NC(=O)c1ccnc(CN)c1. The van der Waals surface area contributed by atoms with Crippen molar-refractivity contribution in [3.05, 3.63) is 65.0 Å². The quantitative estimate of drug-likeness (QED) is 0.884. The van der Waals surface area contributed by atoms with Crippen LogP contribution in [0.2, 0.25) is 0 Å². The van der Waals surface area contributed by atoms with Crippen molar-refractivity contribution in [1.82, 2.24) is 10.3 Å². The van der Waals surface area contributed by atoms with E-state index in [1.165, 1.54) is 11.1 Å². The average molecular weight is 283 g/mol. The maximum Gasteiger partial charge on any atom is 0.251 e. The standard InChI is InChI=1S/C17H21N3O/c1-12-5-3-4-6-14(12)9-13(2)20-17(21)15-7-8-19-16(10-15)11-18/h3-8,10,13H,9,11,18H2,1-2H3,(H,20,21). The number of aryl methyl sites for hydroxylation is 1. The minimum atomic E-state index is -0.0896. The molecule has 0 spiro atoms. The van der Waals surface area contributed by atoms with Crippen molar-refractivity contribution in [3.8, 4) is 0 Å². The highest BCUT2D eigenvalue weighted by Crippen LogP contribution is 2.10. The van der Waals surface area contributed by atoms with Crippen LogP contribution in [0, 0.1) is 6.92 Å². The summed E-state index contributed by atoms with van der Waals surface area (Å²) in [6.07, 6.45) is 2.43. The average Bonchev–Trinajstić information content (AvgIpc) is 2.49. The van der Waals surface area contributed by atoms with Crippen molar-refractivity contribution >= 4 is 5.91 Å². The van der Waals surface area contributed by atoms with E-state index in [4.69, 9.17) is 5.73 Å². The molecule has 1 aromatic heterocycles. The van der Waals surface area contributed by atoms with Gasteiger partial charge in [0.05, 0.1) is 5.69 Å². The minimum Gasteiger partial charge on any atom is -0.349 e. The molecule has 1 unspecified atom stereocenters. The Bertz CT molecular complexity index is 625. The smallest absolute Gasteiger partial charge is 0.251 e. The number of hydrogen-bond donors (Lipinski definition) is 2. The van der Waals surface area contributed by atoms with Gasteiger partial charge in [-0.3, -0.25) is 9.78 Å². The topological polar surface area (TPSA) is 68.0 Å². The lowest BCUT2D eigenvalue weighted by atomic mass is 10.0.